The lowest BCUT2D eigenvalue weighted by atomic mass is 9.71. The number of carbonyl (C=O) groups is 1. The van der Waals surface area contributed by atoms with E-state index in [1.165, 1.54) is 0 Å². The Kier molecular flexibility index (Phi) is 6.88. The Hall–Kier alpha value is -3.84. The number of nitrogens with one attached hydrogen (secondary N) is 1. The van der Waals surface area contributed by atoms with Gasteiger partial charge in [-0.15, -0.1) is 0 Å². The maximum absolute atomic E-state index is 13.2. The number of aryl methyl sites for hydroxylation is 1. The number of alkyl carbamates (subject to hydrolysis) is 1. The first-order chi connectivity index (χ1) is 18.2. The Balaban J connectivity index is 1.54. The van der Waals surface area contributed by atoms with Gasteiger partial charge >= 0.3 is 6.09 Å². The predicted molar refractivity (Wildman–Crippen MR) is 148 cm³/mol. The number of ether oxygens (including phenoxy) is 1. The van der Waals surface area contributed by atoms with Gasteiger partial charge in [-0.05, 0) is 63.6 Å². The minimum atomic E-state index is -0.565. The summed E-state index contributed by atoms with van der Waals surface area (Å²) in [4.78, 5) is 25.8. The molecule has 0 radical (unpaired) electrons. The highest BCUT2D eigenvalue weighted by atomic mass is 16.6. The van der Waals surface area contributed by atoms with E-state index in [2.05, 4.69) is 5.32 Å². The number of aromatic nitrogens is 1. The number of aliphatic hydroxyl groups excluding tert-OH is 1. The molecule has 2 N–H and O–H groups in total. The zero-order valence-electron chi connectivity index (χ0n) is 22.1. The average molecular weight is 515 g/mol. The number of hydrogen-bond acceptors (Lipinski definition) is 5. The largest absolute Gasteiger partial charge is 0.450 e. The first-order valence-electron chi connectivity index (χ1n) is 13.2. The number of amides is 1. The number of nitrogens with zero attached hydrogens (tertiary/aromatic N) is 1. The van der Waals surface area contributed by atoms with Crippen molar-refractivity contribution in [1.29, 1.82) is 0 Å². The van der Waals surface area contributed by atoms with Crippen LogP contribution in [-0.2, 0) is 16.8 Å². The van der Waals surface area contributed by atoms with Gasteiger partial charge in [0.15, 0.2) is 0 Å². The van der Waals surface area contributed by atoms with Crippen LogP contribution >= 0.6 is 0 Å². The molecule has 38 heavy (non-hydrogen) atoms. The molecule has 7 heteroatoms. The van der Waals surface area contributed by atoms with Gasteiger partial charge in [0, 0.05) is 35.9 Å². The molecule has 5 rings (SSSR count). The smallest absolute Gasteiger partial charge is 0.408 e. The fourth-order valence-corrected chi connectivity index (χ4v) is 5.09. The molecule has 0 unspecified atom stereocenters. The molecule has 0 bridgehead atoms. The monoisotopic (exact) mass is 514 g/mol. The third-order valence-electron chi connectivity index (χ3n) is 7.09. The van der Waals surface area contributed by atoms with Crippen molar-refractivity contribution in [2.24, 2.45) is 0 Å². The second-order valence-corrected chi connectivity index (χ2v) is 10.9. The van der Waals surface area contributed by atoms with Crippen molar-refractivity contribution in [3.8, 4) is 22.5 Å². The Morgan fingerprint density at radius 3 is 2.37 bits per heavy atom. The van der Waals surface area contributed by atoms with Gasteiger partial charge in [-0.3, -0.25) is 4.79 Å². The molecule has 2 heterocycles. The molecule has 1 aliphatic rings. The summed E-state index contributed by atoms with van der Waals surface area (Å²) in [6.07, 6.45) is 4.56. The fraction of sp³-hybridized carbons (Fsp3) is 0.355. The molecule has 0 saturated heterocycles. The summed E-state index contributed by atoms with van der Waals surface area (Å²) in [5.74, 6) is 0.623. The van der Waals surface area contributed by atoms with Gasteiger partial charge in [-0.1, -0.05) is 54.6 Å². The molecule has 1 saturated carbocycles. The van der Waals surface area contributed by atoms with Crippen LogP contribution in [-0.4, -0.2) is 28.0 Å². The van der Waals surface area contributed by atoms with Crippen molar-refractivity contribution < 1.29 is 19.1 Å². The topological polar surface area (TPSA) is 93.7 Å². The zero-order valence-corrected chi connectivity index (χ0v) is 22.1. The van der Waals surface area contributed by atoms with E-state index in [-0.39, 0.29) is 12.2 Å². The van der Waals surface area contributed by atoms with E-state index in [4.69, 9.17) is 9.15 Å². The van der Waals surface area contributed by atoms with Crippen LogP contribution < -0.4 is 10.9 Å². The average Bonchev–Trinajstić information content (AvgIpc) is 3.26. The number of carbonyl (C=O) groups excluding carboxylic acids is 1. The Morgan fingerprint density at radius 1 is 1.05 bits per heavy atom. The van der Waals surface area contributed by atoms with Crippen molar-refractivity contribution in [1.82, 2.24) is 9.88 Å². The molecule has 2 aromatic carbocycles. The maximum Gasteiger partial charge on any atom is 0.408 e. The third kappa shape index (κ3) is 4.98. The molecule has 1 amide bonds. The Labute approximate surface area is 222 Å². The lowest BCUT2D eigenvalue weighted by Gasteiger charge is -2.43. The normalized spacial score (nSPS) is 14.7. The highest BCUT2D eigenvalue weighted by molar-refractivity contribution is 6.01. The quantitative estimate of drug-likeness (QED) is 0.306. The first-order valence-corrected chi connectivity index (χ1v) is 13.2. The highest BCUT2D eigenvalue weighted by Gasteiger charge is 2.41. The number of benzene rings is 2. The molecular weight excluding hydrogens is 480 g/mol. The van der Waals surface area contributed by atoms with Gasteiger partial charge in [0.25, 0.3) is 5.56 Å². The molecule has 1 aliphatic carbocycles. The van der Waals surface area contributed by atoms with Crippen LogP contribution in [0.15, 0.2) is 76.1 Å². The summed E-state index contributed by atoms with van der Waals surface area (Å²) in [5.41, 5.74) is 2.75. The van der Waals surface area contributed by atoms with E-state index in [1.54, 1.807) is 10.8 Å². The van der Waals surface area contributed by atoms with Gasteiger partial charge in [0.2, 0.25) is 5.58 Å². The van der Waals surface area contributed by atoms with Gasteiger partial charge in [0.05, 0.1) is 5.54 Å². The zero-order chi connectivity index (χ0) is 26.9. The van der Waals surface area contributed by atoms with Gasteiger partial charge < -0.3 is 24.1 Å². The Bertz CT molecular complexity index is 1490. The highest BCUT2D eigenvalue weighted by Crippen LogP contribution is 2.44. The van der Waals surface area contributed by atoms with Crippen molar-refractivity contribution in [3.63, 3.8) is 0 Å². The van der Waals surface area contributed by atoms with E-state index in [9.17, 15) is 14.7 Å². The van der Waals surface area contributed by atoms with Crippen molar-refractivity contribution in [2.75, 3.05) is 6.61 Å². The molecule has 0 atom stereocenters. The summed E-state index contributed by atoms with van der Waals surface area (Å²) in [5, 5.41) is 13.1. The molecule has 2 aromatic heterocycles. The molecule has 0 spiro atoms. The van der Waals surface area contributed by atoms with Crippen LogP contribution in [0.3, 0.4) is 0 Å². The second kappa shape index (κ2) is 10.1. The number of furan rings is 1. The summed E-state index contributed by atoms with van der Waals surface area (Å²) < 4.78 is 13.4. The summed E-state index contributed by atoms with van der Waals surface area (Å²) in [6.45, 7) is 6.00. The van der Waals surface area contributed by atoms with Crippen LogP contribution in [0.4, 0.5) is 4.79 Å². The SMILES string of the molecule is CC(C)(C)OC(=O)NC1(c2ccc(-c3oc4c(=O)n(CCCO)ccc4c3-c3ccccc3)cc2)CCC1. The summed E-state index contributed by atoms with van der Waals surface area (Å²) >= 11 is 0. The number of fused-ring (bicyclic) bond motifs is 1. The number of aliphatic hydroxyl groups is 1. The van der Waals surface area contributed by atoms with Gasteiger partial charge in [-0.25, -0.2) is 4.79 Å². The predicted octanol–water partition coefficient (Wildman–Crippen LogP) is 6.21. The van der Waals surface area contributed by atoms with Crippen LogP contribution in [0, 0.1) is 0 Å². The fourth-order valence-electron chi connectivity index (χ4n) is 5.09. The molecular formula is C31H34N2O5. The van der Waals surface area contributed by atoms with Crippen molar-refractivity contribution in [2.45, 2.75) is 64.1 Å². The Morgan fingerprint density at radius 2 is 1.76 bits per heavy atom. The summed E-state index contributed by atoms with van der Waals surface area (Å²) in [6, 6.07) is 19.8. The first kappa shape index (κ1) is 25.8. The maximum atomic E-state index is 13.2. The van der Waals surface area contributed by atoms with Crippen LogP contribution in [0.5, 0.6) is 0 Å². The van der Waals surface area contributed by atoms with Crippen LogP contribution in [0.1, 0.15) is 52.0 Å². The number of pyridine rings is 1. The lowest BCUT2D eigenvalue weighted by Crippen LogP contribution is -2.52. The number of hydrogen-bond donors (Lipinski definition) is 2. The van der Waals surface area contributed by atoms with Crippen molar-refractivity contribution in [3.05, 3.63) is 82.8 Å². The minimum absolute atomic E-state index is 0.0137. The molecule has 1 fully saturated rings. The third-order valence-corrected chi connectivity index (χ3v) is 7.09. The second-order valence-electron chi connectivity index (χ2n) is 10.9. The molecule has 7 nitrogen and oxygen atoms in total. The molecule has 198 valence electrons. The van der Waals surface area contributed by atoms with E-state index in [0.29, 0.717) is 24.3 Å². The van der Waals surface area contributed by atoms with E-state index in [1.807, 2.05) is 81.4 Å². The molecule has 4 aromatic rings. The van der Waals surface area contributed by atoms with E-state index >= 15 is 0 Å². The van der Waals surface area contributed by atoms with Crippen LogP contribution in [0.25, 0.3) is 33.4 Å². The minimum Gasteiger partial charge on any atom is -0.450 e. The van der Waals surface area contributed by atoms with Gasteiger partial charge in [0.1, 0.15) is 11.4 Å². The van der Waals surface area contributed by atoms with E-state index in [0.717, 1.165) is 46.9 Å². The standard InChI is InChI=1S/C31H34N2O5/c1-30(2,3)38-29(36)32-31(16-7-17-31)23-13-11-22(12-14-23)26-25(21-9-5-4-6-10-21)24-15-19-33(18-8-20-34)28(35)27(24)37-26/h4-6,9-15,19,34H,7-8,16-18,20H2,1-3H3,(H,32,36). The van der Waals surface area contributed by atoms with Crippen LogP contribution in [0.2, 0.25) is 0 Å². The van der Waals surface area contributed by atoms with E-state index < -0.39 is 17.2 Å². The number of rotatable bonds is 7. The lowest BCUT2D eigenvalue weighted by molar-refractivity contribution is 0.0377. The molecule has 0 aliphatic heterocycles. The van der Waals surface area contributed by atoms with Crippen molar-refractivity contribution >= 4 is 17.1 Å². The summed E-state index contributed by atoms with van der Waals surface area (Å²) in [7, 11) is 0. The van der Waals surface area contributed by atoms with Gasteiger partial charge in [-0.2, -0.15) is 0 Å².